The highest BCUT2D eigenvalue weighted by molar-refractivity contribution is 7.99. The molecular formula is C27H24N4O3S. The van der Waals surface area contributed by atoms with Gasteiger partial charge in [-0.15, -0.1) is 0 Å². The lowest BCUT2D eigenvalue weighted by molar-refractivity contribution is -0.118. The first-order valence-electron chi connectivity index (χ1n) is 11.3. The van der Waals surface area contributed by atoms with Crippen LogP contribution in [0.25, 0.3) is 27.6 Å². The van der Waals surface area contributed by atoms with Crippen molar-refractivity contribution in [2.24, 2.45) is 0 Å². The highest BCUT2D eigenvalue weighted by Crippen LogP contribution is 2.26. The third-order valence-corrected chi connectivity index (χ3v) is 6.67. The molecule has 0 aliphatic carbocycles. The molecule has 0 aliphatic heterocycles. The Bertz CT molecular complexity index is 1540. The normalized spacial score (nSPS) is 11.1. The van der Waals surface area contributed by atoms with E-state index < -0.39 is 0 Å². The van der Waals surface area contributed by atoms with Gasteiger partial charge in [0, 0.05) is 17.4 Å². The van der Waals surface area contributed by atoms with Crippen molar-refractivity contribution >= 4 is 39.6 Å². The number of fused-ring (bicyclic) bond motifs is 3. The van der Waals surface area contributed by atoms with Crippen LogP contribution in [-0.4, -0.2) is 39.8 Å². The van der Waals surface area contributed by atoms with Gasteiger partial charge in [0.25, 0.3) is 5.56 Å². The Hall–Kier alpha value is -4.04. The molecule has 1 amide bonds. The minimum atomic E-state index is -0.219. The summed E-state index contributed by atoms with van der Waals surface area (Å²) in [7, 11) is 1.59. The first kappa shape index (κ1) is 22.7. The number of nitrogens with one attached hydrogen (secondary N) is 2. The molecule has 2 N–H and O–H groups in total. The highest BCUT2D eigenvalue weighted by Gasteiger charge is 2.18. The van der Waals surface area contributed by atoms with Crippen molar-refractivity contribution < 1.29 is 9.53 Å². The molecule has 7 nitrogen and oxygen atoms in total. The van der Waals surface area contributed by atoms with Crippen molar-refractivity contribution in [1.82, 2.24) is 19.9 Å². The van der Waals surface area contributed by atoms with Gasteiger partial charge in [0.1, 0.15) is 16.8 Å². The maximum Gasteiger partial charge on any atom is 0.283 e. The van der Waals surface area contributed by atoms with Crippen LogP contribution >= 0.6 is 11.8 Å². The Morgan fingerprint density at radius 2 is 1.77 bits per heavy atom. The lowest BCUT2D eigenvalue weighted by Crippen LogP contribution is -2.28. The number of benzene rings is 3. The predicted molar refractivity (Wildman–Crippen MR) is 140 cm³/mol. The number of rotatable bonds is 8. The number of methoxy groups -OCH3 is 1. The summed E-state index contributed by atoms with van der Waals surface area (Å²) >= 11 is 1.24. The number of para-hydroxylation sites is 1. The molecule has 5 aromatic rings. The summed E-state index contributed by atoms with van der Waals surface area (Å²) in [4.78, 5) is 34.2. The fourth-order valence-electron chi connectivity index (χ4n) is 3.97. The molecule has 0 spiro atoms. The van der Waals surface area contributed by atoms with Gasteiger partial charge in [-0.2, -0.15) is 0 Å². The van der Waals surface area contributed by atoms with Crippen molar-refractivity contribution in [2.45, 2.75) is 11.6 Å². The Kier molecular flexibility index (Phi) is 6.54. The summed E-state index contributed by atoms with van der Waals surface area (Å²) in [5.74, 6) is 0.722. The lowest BCUT2D eigenvalue weighted by atomic mass is 10.1. The largest absolute Gasteiger partial charge is 0.497 e. The number of aromatic nitrogens is 3. The van der Waals surface area contributed by atoms with Gasteiger partial charge in [0.15, 0.2) is 5.16 Å². The van der Waals surface area contributed by atoms with Crippen LogP contribution in [0.4, 0.5) is 0 Å². The summed E-state index contributed by atoms with van der Waals surface area (Å²) in [5.41, 5.74) is 3.47. The van der Waals surface area contributed by atoms with Crippen molar-refractivity contribution in [3.05, 3.63) is 94.8 Å². The molecule has 0 fully saturated rings. The number of hydrogen-bond acceptors (Lipinski definition) is 5. The van der Waals surface area contributed by atoms with Crippen LogP contribution in [0.1, 0.15) is 5.56 Å². The minimum absolute atomic E-state index is 0.111. The third kappa shape index (κ3) is 4.79. The molecule has 176 valence electrons. The molecular weight excluding hydrogens is 460 g/mol. The Morgan fingerprint density at radius 3 is 2.54 bits per heavy atom. The first-order chi connectivity index (χ1) is 17.1. The maximum atomic E-state index is 13.6. The Balaban J connectivity index is 1.44. The zero-order valence-corrected chi connectivity index (χ0v) is 20.0. The average molecular weight is 485 g/mol. The third-order valence-electron chi connectivity index (χ3n) is 5.74. The fourth-order valence-corrected chi connectivity index (χ4v) is 4.81. The number of amides is 1. The van der Waals surface area contributed by atoms with E-state index in [0.29, 0.717) is 34.2 Å². The monoisotopic (exact) mass is 484 g/mol. The molecule has 0 unspecified atom stereocenters. The lowest BCUT2D eigenvalue weighted by Gasteiger charge is -2.13. The standard InChI is InChI=1S/C27H24N4O3S/c1-34-20-13-11-19(12-14-20)31-26(33)25-24(21-9-5-6-10-22(21)29-25)30-27(31)35-17-23(32)28-16-15-18-7-3-2-4-8-18/h2-14,29H,15-17H2,1H3,(H,28,32). The van der Waals surface area contributed by atoms with Crippen LogP contribution in [0.5, 0.6) is 5.75 Å². The molecule has 0 saturated carbocycles. The van der Waals surface area contributed by atoms with Crippen molar-refractivity contribution in [1.29, 1.82) is 0 Å². The topological polar surface area (TPSA) is 89.0 Å². The Labute approximate surface area is 206 Å². The molecule has 2 aromatic heterocycles. The van der Waals surface area contributed by atoms with Crippen LogP contribution in [-0.2, 0) is 11.2 Å². The number of carbonyl (C=O) groups is 1. The molecule has 0 atom stereocenters. The second-order valence-corrected chi connectivity index (χ2v) is 8.94. The summed E-state index contributed by atoms with van der Waals surface area (Å²) in [6, 6.07) is 24.9. The van der Waals surface area contributed by atoms with Gasteiger partial charge in [-0.3, -0.25) is 14.2 Å². The maximum absolute atomic E-state index is 13.6. The number of ether oxygens (including phenoxy) is 1. The SMILES string of the molecule is COc1ccc(-n2c(SCC(=O)NCCc3ccccc3)nc3c([nH]c4ccccc43)c2=O)cc1. The van der Waals surface area contributed by atoms with E-state index in [-0.39, 0.29) is 17.2 Å². The van der Waals surface area contributed by atoms with Crippen LogP contribution in [0, 0.1) is 0 Å². The van der Waals surface area contributed by atoms with Crippen molar-refractivity contribution in [3.8, 4) is 11.4 Å². The first-order valence-corrected chi connectivity index (χ1v) is 12.2. The summed E-state index contributed by atoms with van der Waals surface area (Å²) in [5, 5.41) is 4.28. The van der Waals surface area contributed by atoms with E-state index in [4.69, 9.17) is 9.72 Å². The number of nitrogens with zero attached hydrogens (tertiary/aromatic N) is 2. The van der Waals surface area contributed by atoms with Gasteiger partial charge in [0.05, 0.1) is 18.6 Å². The molecule has 0 aliphatic rings. The van der Waals surface area contributed by atoms with Gasteiger partial charge < -0.3 is 15.0 Å². The number of thioether (sulfide) groups is 1. The van der Waals surface area contributed by atoms with Crippen LogP contribution < -0.4 is 15.6 Å². The summed E-state index contributed by atoms with van der Waals surface area (Å²) in [6.45, 7) is 0.545. The Morgan fingerprint density at radius 1 is 1.03 bits per heavy atom. The second kappa shape index (κ2) is 10.1. The number of hydrogen-bond donors (Lipinski definition) is 2. The zero-order valence-electron chi connectivity index (χ0n) is 19.2. The van der Waals surface area contributed by atoms with Gasteiger partial charge in [-0.05, 0) is 42.3 Å². The van der Waals surface area contributed by atoms with Crippen LogP contribution in [0.3, 0.4) is 0 Å². The van der Waals surface area contributed by atoms with Crippen LogP contribution in [0.15, 0.2) is 88.8 Å². The van der Waals surface area contributed by atoms with Crippen molar-refractivity contribution in [3.63, 3.8) is 0 Å². The predicted octanol–water partition coefficient (Wildman–Crippen LogP) is 4.33. The van der Waals surface area contributed by atoms with E-state index in [1.165, 1.54) is 17.3 Å². The van der Waals surface area contributed by atoms with E-state index in [1.807, 2.05) is 54.6 Å². The minimum Gasteiger partial charge on any atom is -0.497 e. The van der Waals surface area contributed by atoms with Gasteiger partial charge in [-0.1, -0.05) is 60.3 Å². The van der Waals surface area contributed by atoms with Gasteiger partial charge in [0.2, 0.25) is 5.91 Å². The average Bonchev–Trinajstić information content (AvgIpc) is 3.27. The van der Waals surface area contributed by atoms with Gasteiger partial charge in [-0.25, -0.2) is 4.98 Å². The van der Waals surface area contributed by atoms with E-state index in [2.05, 4.69) is 10.3 Å². The molecule has 5 rings (SSSR count). The molecule has 3 aromatic carbocycles. The van der Waals surface area contributed by atoms with Gasteiger partial charge >= 0.3 is 0 Å². The molecule has 0 saturated heterocycles. The number of carbonyl (C=O) groups excluding carboxylic acids is 1. The van der Waals surface area contributed by atoms with E-state index >= 15 is 0 Å². The quantitative estimate of drug-likeness (QED) is 0.253. The molecule has 0 bridgehead atoms. The fraction of sp³-hybridized carbons (Fsp3) is 0.148. The highest BCUT2D eigenvalue weighted by atomic mass is 32.2. The van der Waals surface area contributed by atoms with E-state index in [0.717, 1.165) is 17.3 Å². The zero-order chi connectivity index (χ0) is 24.2. The second-order valence-electron chi connectivity index (χ2n) is 8.00. The molecule has 8 heteroatoms. The summed E-state index contributed by atoms with van der Waals surface area (Å²) in [6.07, 6.45) is 0.757. The molecule has 0 radical (unpaired) electrons. The molecule has 2 heterocycles. The molecule has 35 heavy (non-hydrogen) atoms. The summed E-state index contributed by atoms with van der Waals surface area (Å²) < 4.78 is 6.80. The number of aromatic amines is 1. The van der Waals surface area contributed by atoms with Crippen molar-refractivity contribution in [2.75, 3.05) is 19.4 Å². The smallest absolute Gasteiger partial charge is 0.283 e. The van der Waals surface area contributed by atoms with E-state index in [9.17, 15) is 9.59 Å². The number of H-pyrrole nitrogens is 1. The van der Waals surface area contributed by atoms with E-state index in [1.54, 1.807) is 35.9 Å². The van der Waals surface area contributed by atoms with Crippen LogP contribution in [0.2, 0.25) is 0 Å².